The van der Waals surface area contributed by atoms with Gasteiger partial charge in [-0.3, -0.25) is 14.4 Å². The predicted octanol–water partition coefficient (Wildman–Crippen LogP) is 3.18. The molecule has 1 saturated heterocycles. The molecule has 0 radical (unpaired) electrons. The molecule has 0 spiro atoms. The molecule has 0 aliphatic carbocycles. The average Bonchev–Trinajstić information content (AvgIpc) is 2.93. The monoisotopic (exact) mass is 472 g/mol. The number of amides is 1. The molecule has 134 valence electrons. The highest BCUT2D eigenvalue weighted by molar-refractivity contribution is 14.1. The Morgan fingerprint density at radius 3 is 2.48 bits per heavy atom. The minimum Gasteiger partial charge on any atom is -0.340 e. The van der Waals surface area contributed by atoms with Crippen LogP contribution in [0.15, 0.2) is 30.5 Å². The van der Waals surface area contributed by atoms with Crippen LogP contribution in [0.3, 0.4) is 0 Å². The number of carbonyl (C=O) groups excluding carboxylic acids is 1. The number of benzene rings is 1. The van der Waals surface area contributed by atoms with Gasteiger partial charge < -0.3 is 4.90 Å². The van der Waals surface area contributed by atoms with Crippen LogP contribution in [0.1, 0.15) is 17.7 Å². The van der Waals surface area contributed by atoms with Gasteiger partial charge in [0.05, 0.1) is 9.26 Å². The summed E-state index contributed by atoms with van der Waals surface area (Å²) in [6.07, 6.45) is 2.50. The zero-order valence-electron chi connectivity index (χ0n) is 14.3. The van der Waals surface area contributed by atoms with Gasteiger partial charge in [0.1, 0.15) is 0 Å². The van der Waals surface area contributed by atoms with Crippen LogP contribution in [-0.4, -0.2) is 51.7 Å². The van der Waals surface area contributed by atoms with Gasteiger partial charge in [-0.1, -0.05) is 23.7 Å². The molecule has 1 amide bonds. The van der Waals surface area contributed by atoms with E-state index in [1.807, 2.05) is 34.8 Å². The van der Waals surface area contributed by atoms with Gasteiger partial charge in [-0.15, -0.1) is 0 Å². The molecule has 1 fully saturated rings. The molecule has 5 nitrogen and oxygen atoms in total. The van der Waals surface area contributed by atoms with Crippen LogP contribution in [-0.2, 0) is 17.9 Å². The first-order chi connectivity index (χ1) is 12.0. The Morgan fingerprint density at radius 2 is 1.88 bits per heavy atom. The van der Waals surface area contributed by atoms with E-state index in [0.29, 0.717) is 13.0 Å². The molecule has 0 N–H and O–H groups in total. The van der Waals surface area contributed by atoms with Crippen LogP contribution in [0.5, 0.6) is 0 Å². The Kier molecular flexibility index (Phi) is 6.35. The summed E-state index contributed by atoms with van der Waals surface area (Å²) in [5.74, 6) is 0.217. The highest BCUT2D eigenvalue weighted by Gasteiger charge is 2.21. The number of aryl methyl sites for hydroxylation is 2. The summed E-state index contributed by atoms with van der Waals surface area (Å²) in [6, 6.07) is 7.98. The molecule has 1 aromatic heterocycles. The number of rotatable bonds is 5. The van der Waals surface area contributed by atoms with E-state index in [1.165, 1.54) is 5.56 Å². The van der Waals surface area contributed by atoms with Crippen molar-refractivity contribution in [2.45, 2.75) is 26.4 Å². The van der Waals surface area contributed by atoms with Crippen molar-refractivity contribution < 1.29 is 4.79 Å². The first-order valence-electron chi connectivity index (χ1n) is 8.45. The van der Waals surface area contributed by atoms with E-state index in [1.54, 1.807) is 0 Å². The van der Waals surface area contributed by atoms with E-state index in [0.717, 1.165) is 47.0 Å². The Balaban J connectivity index is 1.43. The molecule has 7 heteroatoms. The second-order valence-corrected chi connectivity index (χ2v) is 7.96. The van der Waals surface area contributed by atoms with Gasteiger partial charge in [0.25, 0.3) is 0 Å². The van der Waals surface area contributed by atoms with Crippen molar-refractivity contribution in [2.75, 3.05) is 26.2 Å². The summed E-state index contributed by atoms with van der Waals surface area (Å²) in [6.45, 7) is 6.95. The summed E-state index contributed by atoms with van der Waals surface area (Å²) in [5, 5.41) is 5.18. The van der Waals surface area contributed by atoms with Crippen LogP contribution in [0, 0.1) is 10.5 Å². The number of piperazine rings is 1. The molecule has 3 rings (SSSR count). The fourth-order valence-electron chi connectivity index (χ4n) is 2.98. The Bertz CT molecular complexity index is 704. The standard InChI is InChI=1S/C18H22ClIN4O/c1-14-17(20)13-24(21-14)7-6-18(25)23-10-8-22(9-11-23)12-15-2-4-16(19)5-3-15/h2-5,13H,6-12H2,1H3. The van der Waals surface area contributed by atoms with E-state index in [-0.39, 0.29) is 5.91 Å². The molecule has 1 aliphatic heterocycles. The van der Waals surface area contributed by atoms with E-state index in [4.69, 9.17) is 11.6 Å². The molecule has 2 aromatic rings. The maximum atomic E-state index is 12.4. The van der Waals surface area contributed by atoms with E-state index >= 15 is 0 Å². The van der Waals surface area contributed by atoms with Gasteiger partial charge >= 0.3 is 0 Å². The third-order valence-corrected chi connectivity index (χ3v) is 5.80. The average molecular weight is 473 g/mol. The molecule has 0 atom stereocenters. The quantitative estimate of drug-likeness (QED) is 0.628. The molecule has 2 heterocycles. The van der Waals surface area contributed by atoms with E-state index < -0.39 is 0 Å². The van der Waals surface area contributed by atoms with Crippen LogP contribution in [0.2, 0.25) is 5.02 Å². The summed E-state index contributed by atoms with van der Waals surface area (Å²) >= 11 is 8.19. The minimum absolute atomic E-state index is 0.217. The maximum Gasteiger partial charge on any atom is 0.224 e. The zero-order valence-corrected chi connectivity index (χ0v) is 17.2. The van der Waals surface area contributed by atoms with Gasteiger partial charge in [-0.05, 0) is 47.2 Å². The van der Waals surface area contributed by atoms with Crippen LogP contribution in [0.25, 0.3) is 0 Å². The van der Waals surface area contributed by atoms with Gasteiger partial charge in [0, 0.05) is 56.9 Å². The van der Waals surface area contributed by atoms with Crippen molar-refractivity contribution in [3.8, 4) is 0 Å². The molecular formula is C18H22ClIN4O. The zero-order chi connectivity index (χ0) is 17.8. The Hall–Kier alpha value is -1.12. The lowest BCUT2D eigenvalue weighted by Gasteiger charge is -2.34. The normalized spacial score (nSPS) is 15.6. The summed E-state index contributed by atoms with van der Waals surface area (Å²) in [5.41, 5.74) is 2.27. The predicted molar refractivity (Wildman–Crippen MR) is 108 cm³/mol. The van der Waals surface area contributed by atoms with Gasteiger partial charge in [0.15, 0.2) is 0 Å². The maximum absolute atomic E-state index is 12.4. The SMILES string of the molecule is Cc1nn(CCC(=O)N2CCN(Cc3ccc(Cl)cc3)CC2)cc1I. The fourth-order valence-corrected chi connectivity index (χ4v) is 3.54. The largest absolute Gasteiger partial charge is 0.340 e. The van der Waals surface area contributed by atoms with Crippen molar-refractivity contribution in [1.29, 1.82) is 0 Å². The number of hydrogen-bond acceptors (Lipinski definition) is 3. The topological polar surface area (TPSA) is 41.4 Å². The molecule has 1 aromatic carbocycles. The molecule has 0 bridgehead atoms. The number of hydrogen-bond donors (Lipinski definition) is 0. The lowest BCUT2D eigenvalue weighted by Crippen LogP contribution is -2.48. The lowest BCUT2D eigenvalue weighted by molar-refractivity contribution is -0.133. The lowest BCUT2D eigenvalue weighted by atomic mass is 10.2. The molecular weight excluding hydrogens is 451 g/mol. The van der Waals surface area contributed by atoms with E-state index in [2.05, 4.69) is 44.7 Å². The molecule has 1 aliphatic rings. The third kappa shape index (κ3) is 5.18. The third-order valence-electron chi connectivity index (χ3n) is 4.49. The van der Waals surface area contributed by atoms with Gasteiger partial charge in [-0.25, -0.2) is 0 Å². The van der Waals surface area contributed by atoms with Gasteiger partial charge in [0.2, 0.25) is 5.91 Å². The number of halogens is 2. The van der Waals surface area contributed by atoms with Crippen molar-refractivity contribution in [1.82, 2.24) is 19.6 Å². The number of nitrogens with zero attached hydrogens (tertiary/aromatic N) is 4. The molecule has 25 heavy (non-hydrogen) atoms. The van der Waals surface area contributed by atoms with E-state index in [9.17, 15) is 4.79 Å². The van der Waals surface area contributed by atoms with Crippen molar-refractivity contribution >= 4 is 40.1 Å². The number of aromatic nitrogens is 2. The van der Waals surface area contributed by atoms with Gasteiger partial charge in [-0.2, -0.15) is 5.10 Å². The first-order valence-corrected chi connectivity index (χ1v) is 9.91. The Morgan fingerprint density at radius 1 is 1.20 bits per heavy atom. The minimum atomic E-state index is 0.217. The smallest absolute Gasteiger partial charge is 0.224 e. The highest BCUT2D eigenvalue weighted by atomic mass is 127. The first kappa shape index (κ1) is 18.7. The summed E-state index contributed by atoms with van der Waals surface area (Å²) in [4.78, 5) is 16.8. The summed E-state index contributed by atoms with van der Waals surface area (Å²) in [7, 11) is 0. The van der Waals surface area contributed by atoms with Crippen molar-refractivity contribution in [3.05, 3.63) is 50.3 Å². The second-order valence-electron chi connectivity index (χ2n) is 6.36. The van der Waals surface area contributed by atoms with Crippen LogP contribution in [0.4, 0.5) is 0 Å². The molecule has 0 unspecified atom stereocenters. The molecule has 0 saturated carbocycles. The van der Waals surface area contributed by atoms with Crippen molar-refractivity contribution in [3.63, 3.8) is 0 Å². The number of carbonyl (C=O) groups is 1. The van der Waals surface area contributed by atoms with Crippen LogP contribution >= 0.6 is 34.2 Å². The summed E-state index contributed by atoms with van der Waals surface area (Å²) < 4.78 is 3.01. The van der Waals surface area contributed by atoms with Crippen molar-refractivity contribution in [2.24, 2.45) is 0 Å². The fraction of sp³-hybridized carbons (Fsp3) is 0.444. The van der Waals surface area contributed by atoms with Crippen LogP contribution < -0.4 is 0 Å². The highest BCUT2D eigenvalue weighted by Crippen LogP contribution is 2.14. The Labute approximate surface area is 167 Å². The second kappa shape index (κ2) is 8.51.